The van der Waals surface area contributed by atoms with Crippen molar-refractivity contribution in [2.45, 2.75) is 86.9 Å². The Labute approximate surface area is 298 Å². The van der Waals surface area contributed by atoms with Gasteiger partial charge in [0.05, 0.1) is 33.0 Å². The molecule has 21 heteroatoms. The predicted molar refractivity (Wildman–Crippen MR) is 183 cm³/mol. The minimum Gasteiger partial charge on any atom is -0.480 e. The lowest BCUT2D eigenvalue weighted by atomic mass is 10.0. The second kappa shape index (κ2) is 25.6. The van der Waals surface area contributed by atoms with Gasteiger partial charge in [-0.15, -0.1) is 0 Å². The Morgan fingerprint density at radius 2 is 1.12 bits per heavy atom. The van der Waals surface area contributed by atoms with Crippen molar-refractivity contribution in [1.29, 1.82) is 0 Å². The van der Waals surface area contributed by atoms with E-state index < -0.39 is 67.9 Å². The largest absolute Gasteiger partial charge is 0.480 e. The highest BCUT2D eigenvalue weighted by Gasteiger charge is 2.33. The van der Waals surface area contributed by atoms with E-state index in [4.69, 9.17) is 34.3 Å². The molecule has 0 fully saturated rings. The number of allylic oxidation sites excluding steroid dienone is 4. The number of carboxylic acid groups (broad SMARTS) is 1. The van der Waals surface area contributed by atoms with Gasteiger partial charge in [0.25, 0.3) is 20.2 Å². The molecule has 0 heterocycles. The first-order valence-corrected chi connectivity index (χ1v) is 19.6. The minimum absolute atomic E-state index is 0.0295. The van der Waals surface area contributed by atoms with Crippen molar-refractivity contribution in [3.63, 3.8) is 0 Å². The van der Waals surface area contributed by atoms with E-state index in [-0.39, 0.29) is 25.4 Å². The topological polar surface area (TPSA) is 296 Å². The van der Waals surface area contributed by atoms with Crippen LogP contribution in [0.5, 0.6) is 0 Å². The third kappa shape index (κ3) is 22.3. The third-order valence-electron chi connectivity index (χ3n) is 7.32. The Morgan fingerprint density at radius 3 is 1.57 bits per heavy atom. The van der Waals surface area contributed by atoms with Crippen molar-refractivity contribution in [3.05, 3.63) is 24.3 Å². The van der Waals surface area contributed by atoms with Crippen molar-refractivity contribution in [3.8, 4) is 0 Å². The summed E-state index contributed by atoms with van der Waals surface area (Å²) >= 11 is 0. The van der Waals surface area contributed by atoms with E-state index >= 15 is 0 Å². The molecule has 0 aromatic heterocycles. The molecule has 294 valence electrons. The fraction of sp³-hybridized carbons (Fsp3) is 0.733. The van der Waals surface area contributed by atoms with E-state index in [1.54, 1.807) is 0 Å². The Balaban J connectivity index is 0.000000543. The Hall–Kier alpha value is -3.34. The third-order valence-corrected chi connectivity index (χ3v) is 9.50. The van der Waals surface area contributed by atoms with Crippen molar-refractivity contribution in [2.24, 2.45) is 5.73 Å². The average molecular weight is 773 g/mol. The summed E-state index contributed by atoms with van der Waals surface area (Å²) in [5.74, 6) is -2.69. The molecule has 0 aliphatic heterocycles. The van der Waals surface area contributed by atoms with Crippen LogP contribution in [0.25, 0.3) is 0 Å². The number of nitrogens with one attached hydrogen (secondary N) is 3. The van der Waals surface area contributed by atoms with Crippen molar-refractivity contribution >= 4 is 44.3 Å². The van der Waals surface area contributed by atoms with E-state index in [9.17, 15) is 40.6 Å². The summed E-state index contributed by atoms with van der Waals surface area (Å²) in [6, 6.07) is 0. The molecule has 0 radical (unpaired) electrons. The summed E-state index contributed by atoms with van der Waals surface area (Å²) in [6.45, 7) is 0.271. The summed E-state index contributed by atoms with van der Waals surface area (Å²) in [7, 11) is -9.51. The maximum atomic E-state index is 12.1. The summed E-state index contributed by atoms with van der Waals surface area (Å²) in [6.07, 6.45) is 13.8. The van der Waals surface area contributed by atoms with Crippen molar-refractivity contribution < 1.29 is 69.2 Å². The molecule has 19 nitrogen and oxygen atoms in total. The van der Waals surface area contributed by atoms with E-state index in [0.29, 0.717) is 52.0 Å². The summed E-state index contributed by atoms with van der Waals surface area (Å²) < 4.78 is 83.5. The highest BCUT2D eigenvalue weighted by Crippen LogP contribution is 2.16. The van der Waals surface area contributed by atoms with E-state index in [1.807, 2.05) is 12.2 Å². The van der Waals surface area contributed by atoms with E-state index in [1.165, 1.54) is 0 Å². The standard InChI is InChI=1S/C18H33N3O8S.C12H19NO7S/c19-8-10-27-12-13-28-11-9-20-17(22)16(30(24,25)26)14-21-18(23)29-15-6-4-2-1-3-5-7-15;14-11(15)10(21(17,18)19)8-13-12(16)20-9-6-4-2-1-3-5-7-9/h1-2,15-16H,3-14,19H2,(H,20,22)(H,21,23)(H,24,25,26);1-2,9-10H,3-8H2,(H,13,16)(H,14,15)(H,17,18,19)/b2*2-1+/t15-,16?;9-,10?/m00/s1. The Kier molecular flexibility index (Phi) is 22.9. The van der Waals surface area contributed by atoms with Gasteiger partial charge in [-0.3, -0.25) is 18.7 Å². The smallest absolute Gasteiger partial charge is 0.407 e. The number of alkyl carbamates (subject to hydrolysis) is 2. The van der Waals surface area contributed by atoms with Gasteiger partial charge in [0, 0.05) is 19.6 Å². The second-order valence-electron chi connectivity index (χ2n) is 11.4. The van der Waals surface area contributed by atoms with Crippen LogP contribution in [0.15, 0.2) is 24.3 Å². The molecule has 2 unspecified atom stereocenters. The maximum absolute atomic E-state index is 12.1. The van der Waals surface area contributed by atoms with Gasteiger partial charge in [0.15, 0.2) is 5.25 Å². The number of hydrogen-bond donors (Lipinski definition) is 7. The molecule has 0 aromatic rings. The average Bonchev–Trinajstić information content (AvgIpc) is 3.00. The molecular weight excluding hydrogens is 720 g/mol. The molecule has 0 aromatic carbocycles. The molecule has 0 saturated heterocycles. The highest BCUT2D eigenvalue weighted by atomic mass is 32.2. The zero-order valence-electron chi connectivity index (χ0n) is 28.5. The monoisotopic (exact) mass is 772 g/mol. The van der Waals surface area contributed by atoms with Gasteiger partial charge in [0.2, 0.25) is 11.2 Å². The fourth-order valence-corrected chi connectivity index (χ4v) is 5.84. The summed E-state index contributed by atoms with van der Waals surface area (Å²) in [4.78, 5) is 46.3. The lowest BCUT2D eigenvalue weighted by Crippen LogP contribution is -2.48. The zero-order valence-corrected chi connectivity index (χ0v) is 30.1. The van der Waals surface area contributed by atoms with Gasteiger partial charge >= 0.3 is 18.2 Å². The van der Waals surface area contributed by atoms with Crippen LogP contribution < -0.4 is 21.7 Å². The molecule has 51 heavy (non-hydrogen) atoms. The van der Waals surface area contributed by atoms with E-state index in [2.05, 4.69) is 28.1 Å². The minimum atomic E-state index is -4.78. The fourth-order valence-electron chi connectivity index (χ4n) is 4.64. The first-order valence-electron chi connectivity index (χ1n) is 16.6. The maximum Gasteiger partial charge on any atom is 0.407 e. The molecule has 0 saturated carbocycles. The number of ether oxygens (including phenoxy) is 4. The number of carboxylic acids is 1. The molecule has 0 bridgehead atoms. The molecule has 0 spiro atoms. The number of amides is 3. The highest BCUT2D eigenvalue weighted by molar-refractivity contribution is 7.87. The van der Waals surface area contributed by atoms with Gasteiger partial charge in [-0.25, -0.2) is 9.59 Å². The number of rotatable bonds is 18. The quantitative estimate of drug-likeness (QED) is 0.0579. The molecule has 8 N–H and O–H groups in total. The summed E-state index contributed by atoms with van der Waals surface area (Å²) in [5, 5.41) is 11.4. The SMILES string of the molecule is NCCOCCOCCNC(=O)C(CNC(=O)O[C@H]1CC/C=C/CCC1)S(=O)(=O)O.O=C(NCC(C(=O)O)S(=O)(=O)O)O[C@H]1CC/C=C/CCC1. The number of carbonyl (C=O) groups is 4. The molecule has 2 rings (SSSR count). The molecule has 2 aliphatic carbocycles. The second-order valence-corrected chi connectivity index (χ2v) is 14.6. The molecule has 4 atom stereocenters. The molecular formula is C30H52N4O15S2. The molecule has 3 amide bonds. The Bertz CT molecular complexity index is 1340. The number of aliphatic carboxylic acids is 1. The van der Waals surface area contributed by atoms with Crippen LogP contribution in [0.3, 0.4) is 0 Å². The first kappa shape index (κ1) is 45.7. The first-order chi connectivity index (χ1) is 24.1. The predicted octanol–water partition coefficient (Wildman–Crippen LogP) is 0.909. The van der Waals surface area contributed by atoms with Crippen LogP contribution >= 0.6 is 0 Å². The van der Waals surface area contributed by atoms with Gasteiger partial charge in [-0.2, -0.15) is 16.8 Å². The lowest BCUT2D eigenvalue weighted by Gasteiger charge is -2.20. The van der Waals surface area contributed by atoms with Crippen molar-refractivity contribution in [1.82, 2.24) is 16.0 Å². The zero-order chi connectivity index (χ0) is 38.1. The van der Waals surface area contributed by atoms with Crippen LogP contribution in [0.2, 0.25) is 0 Å². The number of nitrogens with two attached hydrogens (primary N) is 1. The normalized spacial score (nSPS) is 20.5. The van der Waals surface area contributed by atoms with Gasteiger partial charge in [-0.05, 0) is 64.2 Å². The Morgan fingerprint density at radius 1 is 0.667 bits per heavy atom. The lowest BCUT2D eigenvalue weighted by molar-refractivity contribution is -0.136. The number of hydrogen-bond acceptors (Lipinski definition) is 13. The number of carbonyl (C=O) groups excluding carboxylic acids is 3. The van der Waals surface area contributed by atoms with Crippen LogP contribution in [-0.4, -0.2) is 130 Å². The van der Waals surface area contributed by atoms with Gasteiger partial charge in [0.1, 0.15) is 12.2 Å². The van der Waals surface area contributed by atoms with E-state index in [0.717, 1.165) is 38.5 Å². The van der Waals surface area contributed by atoms with Crippen LogP contribution in [0.1, 0.15) is 64.2 Å². The van der Waals surface area contributed by atoms with Crippen molar-refractivity contribution in [2.75, 3.05) is 52.6 Å². The van der Waals surface area contributed by atoms with Gasteiger partial charge < -0.3 is 45.7 Å². The van der Waals surface area contributed by atoms with Crippen LogP contribution in [0, 0.1) is 0 Å². The summed E-state index contributed by atoms with van der Waals surface area (Å²) in [5.41, 5.74) is 5.27. The van der Waals surface area contributed by atoms with Crippen LogP contribution in [0.4, 0.5) is 9.59 Å². The van der Waals surface area contributed by atoms with Gasteiger partial charge in [-0.1, -0.05) is 24.3 Å². The van der Waals surface area contributed by atoms with Crippen LogP contribution in [-0.2, 0) is 48.8 Å². The molecule has 2 aliphatic rings.